The van der Waals surface area contributed by atoms with Crippen molar-refractivity contribution in [2.24, 2.45) is 0 Å². The summed E-state index contributed by atoms with van der Waals surface area (Å²) in [5, 5.41) is 8.15. The molecular formula is C21H25FO3S. The van der Waals surface area contributed by atoms with Crippen molar-refractivity contribution in [3.05, 3.63) is 58.9 Å². The Balaban J connectivity index is 0.000000294. The largest absolute Gasteiger partial charge is 0.481 e. The van der Waals surface area contributed by atoms with E-state index in [1.807, 2.05) is 64.1 Å². The molecule has 0 aliphatic rings. The number of carbonyl (C=O) groups is 2. The van der Waals surface area contributed by atoms with Crippen LogP contribution in [0.4, 0.5) is 4.39 Å². The molecule has 2 aromatic carbocycles. The van der Waals surface area contributed by atoms with E-state index in [1.54, 1.807) is 0 Å². The number of Topliss-reactive ketones (excluding diaryl/α,β-unsaturated/α-hetero) is 1. The maximum atomic E-state index is 14.0. The fourth-order valence-corrected chi connectivity index (χ4v) is 2.94. The summed E-state index contributed by atoms with van der Waals surface area (Å²) in [6.07, 6.45) is -0.340. The quantitative estimate of drug-likeness (QED) is 0.704. The highest BCUT2D eigenvalue weighted by Crippen LogP contribution is 2.26. The van der Waals surface area contributed by atoms with Crippen LogP contribution in [0.15, 0.2) is 36.4 Å². The molecule has 2 aromatic rings. The van der Waals surface area contributed by atoms with Gasteiger partial charge in [-0.3, -0.25) is 9.59 Å². The van der Waals surface area contributed by atoms with Gasteiger partial charge >= 0.3 is 5.97 Å². The molecule has 140 valence electrons. The summed E-state index contributed by atoms with van der Waals surface area (Å²) in [6, 6.07) is 11.7. The van der Waals surface area contributed by atoms with E-state index in [0.29, 0.717) is 16.9 Å². The molecule has 5 heteroatoms. The lowest BCUT2D eigenvalue weighted by molar-refractivity contribution is -0.139. The lowest BCUT2D eigenvalue weighted by atomic mass is 9.99. The third kappa shape index (κ3) is 7.40. The zero-order valence-electron chi connectivity index (χ0n) is 15.6. The highest BCUT2D eigenvalue weighted by atomic mass is 32.2. The number of thioether (sulfide) groups is 1. The molecule has 0 amide bonds. The summed E-state index contributed by atoms with van der Waals surface area (Å²) in [4.78, 5) is 20.6. The van der Waals surface area contributed by atoms with Gasteiger partial charge in [0.2, 0.25) is 0 Å². The van der Waals surface area contributed by atoms with E-state index in [2.05, 4.69) is 0 Å². The van der Waals surface area contributed by atoms with Crippen LogP contribution in [-0.4, -0.2) is 28.4 Å². The van der Waals surface area contributed by atoms with Crippen LogP contribution >= 0.6 is 11.8 Å². The van der Waals surface area contributed by atoms with Gasteiger partial charge in [0.25, 0.3) is 0 Å². The predicted molar refractivity (Wildman–Crippen MR) is 106 cm³/mol. The Labute approximate surface area is 158 Å². The smallest absolute Gasteiger partial charge is 0.310 e. The molecule has 0 unspecified atom stereocenters. The van der Waals surface area contributed by atoms with E-state index in [-0.39, 0.29) is 18.0 Å². The van der Waals surface area contributed by atoms with E-state index in [0.717, 1.165) is 22.4 Å². The van der Waals surface area contributed by atoms with Crippen molar-refractivity contribution < 1.29 is 19.1 Å². The van der Waals surface area contributed by atoms with Crippen molar-refractivity contribution >= 4 is 23.5 Å². The molecule has 26 heavy (non-hydrogen) atoms. The van der Waals surface area contributed by atoms with E-state index in [9.17, 15) is 14.0 Å². The second-order valence-corrected chi connectivity index (χ2v) is 7.33. The zero-order valence-corrected chi connectivity index (χ0v) is 16.5. The van der Waals surface area contributed by atoms with Crippen molar-refractivity contribution in [1.82, 2.24) is 0 Å². The summed E-state index contributed by atoms with van der Waals surface area (Å²) >= 11 is 1.45. The average Bonchev–Trinajstić information content (AvgIpc) is 2.56. The predicted octanol–water partition coefficient (Wildman–Crippen LogP) is 5.20. The first-order chi connectivity index (χ1) is 12.2. The van der Waals surface area contributed by atoms with E-state index < -0.39 is 5.97 Å². The zero-order chi connectivity index (χ0) is 19.7. The first-order valence-electron chi connectivity index (χ1n) is 8.39. The SMILES string of the molecule is CCSCC(=O)CC(=O)O.Cc1cccc(-c2cc(C)cc(C)c2F)c1. The molecule has 2 rings (SSSR count). The molecule has 0 saturated heterocycles. The van der Waals surface area contributed by atoms with Crippen LogP contribution in [-0.2, 0) is 9.59 Å². The number of hydrogen-bond acceptors (Lipinski definition) is 3. The van der Waals surface area contributed by atoms with Gasteiger partial charge in [0, 0.05) is 5.56 Å². The van der Waals surface area contributed by atoms with Crippen LogP contribution in [0.5, 0.6) is 0 Å². The van der Waals surface area contributed by atoms with E-state index in [1.165, 1.54) is 11.8 Å². The van der Waals surface area contributed by atoms with Crippen LogP contribution in [0.25, 0.3) is 11.1 Å². The molecule has 0 bridgehead atoms. The molecule has 0 saturated carbocycles. The Morgan fingerprint density at radius 1 is 1.08 bits per heavy atom. The monoisotopic (exact) mass is 376 g/mol. The van der Waals surface area contributed by atoms with E-state index >= 15 is 0 Å². The number of aliphatic carboxylic acids is 1. The fraction of sp³-hybridized carbons (Fsp3) is 0.333. The minimum Gasteiger partial charge on any atom is -0.481 e. The molecule has 0 atom stereocenters. The normalized spacial score (nSPS) is 10.0. The number of carboxylic acid groups (broad SMARTS) is 1. The van der Waals surface area contributed by atoms with Gasteiger partial charge in [-0.05, 0) is 43.7 Å². The standard InChI is InChI=1S/C15H15F.C6H10O3S/c1-10-5-4-6-13(8-10)14-9-11(2)7-12(3)15(14)16;1-2-10-4-5(7)3-6(8)9/h4-9H,1-3H3;2-4H2,1H3,(H,8,9). The van der Waals surface area contributed by atoms with Crippen molar-refractivity contribution in [2.75, 3.05) is 11.5 Å². The summed E-state index contributed by atoms with van der Waals surface area (Å²) in [7, 11) is 0. The number of ketones is 1. The van der Waals surface area contributed by atoms with Crippen LogP contribution in [0.1, 0.15) is 30.0 Å². The minimum absolute atomic E-state index is 0.115. The number of benzene rings is 2. The molecule has 0 aromatic heterocycles. The Morgan fingerprint density at radius 2 is 1.77 bits per heavy atom. The van der Waals surface area contributed by atoms with Crippen molar-refractivity contribution in [1.29, 1.82) is 0 Å². The van der Waals surface area contributed by atoms with Crippen molar-refractivity contribution in [3.8, 4) is 11.1 Å². The van der Waals surface area contributed by atoms with Gasteiger partial charge in [0.1, 0.15) is 12.2 Å². The second kappa shape index (κ2) is 10.8. The fourth-order valence-electron chi connectivity index (χ4n) is 2.41. The van der Waals surface area contributed by atoms with Gasteiger partial charge in [0.05, 0.1) is 5.75 Å². The molecule has 3 nitrogen and oxygen atoms in total. The highest BCUT2D eigenvalue weighted by Gasteiger charge is 2.08. The number of aryl methyl sites for hydroxylation is 3. The molecule has 0 spiro atoms. The third-order valence-electron chi connectivity index (χ3n) is 3.54. The summed E-state index contributed by atoms with van der Waals surface area (Å²) in [5.74, 6) is -0.189. The lowest BCUT2D eigenvalue weighted by Gasteiger charge is -2.08. The summed E-state index contributed by atoms with van der Waals surface area (Å²) in [5.41, 5.74) is 4.59. The summed E-state index contributed by atoms with van der Waals surface area (Å²) < 4.78 is 14.0. The number of hydrogen-bond donors (Lipinski definition) is 1. The Kier molecular flexibility index (Phi) is 9.07. The Bertz CT molecular complexity index is 772. The minimum atomic E-state index is -1.04. The summed E-state index contributed by atoms with van der Waals surface area (Å²) in [6.45, 7) is 7.75. The van der Waals surface area contributed by atoms with Crippen LogP contribution in [0, 0.1) is 26.6 Å². The molecular weight excluding hydrogens is 351 g/mol. The molecule has 0 heterocycles. The molecule has 1 N–H and O–H groups in total. The van der Waals surface area contributed by atoms with Gasteiger partial charge in [-0.1, -0.05) is 48.4 Å². The Hall–Kier alpha value is -2.14. The maximum Gasteiger partial charge on any atom is 0.310 e. The average molecular weight is 376 g/mol. The van der Waals surface area contributed by atoms with Crippen LogP contribution in [0.2, 0.25) is 0 Å². The van der Waals surface area contributed by atoms with Gasteiger partial charge in [-0.15, -0.1) is 0 Å². The highest BCUT2D eigenvalue weighted by molar-refractivity contribution is 7.99. The lowest BCUT2D eigenvalue weighted by Crippen LogP contribution is -2.08. The van der Waals surface area contributed by atoms with Crippen molar-refractivity contribution in [3.63, 3.8) is 0 Å². The number of rotatable bonds is 6. The first kappa shape index (κ1) is 21.9. The molecule has 0 aliphatic heterocycles. The number of halogens is 1. The number of carboxylic acids is 1. The maximum absolute atomic E-state index is 14.0. The van der Waals surface area contributed by atoms with Crippen molar-refractivity contribution in [2.45, 2.75) is 34.1 Å². The molecule has 0 fully saturated rings. The van der Waals surface area contributed by atoms with Gasteiger partial charge in [-0.2, -0.15) is 11.8 Å². The third-order valence-corrected chi connectivity index (χ3v) is 4.48. The molecule has 0 aliphatic carbocycles. The van der Waals surface area contributed by atoms with Gasteiger partial charge in [-0.25, -0.2) is 4.39 Å². The second-order valence-electron chi connectivity index (χ2n) is 6.06. The topological polar surface area (TPSA) is 54.4 Å². The van der Waals surface area contributed by atoms with Crippen LogP contribution in [0.3, 0.4) is 0 Å². The van der Waals surface area contributed by atoms with E-state index in [4.69, 9.17) is 5.11 Å². The van der Waals surface area contributed by atoms with Crippen LogP contribution < -0.4 is 0 Å². The van der Waals surface area contributed by atoms with Gasteiger partial charge < -0.3 is 5.11 Å². The van der Waals surface area contributed by atoms with Gasteiger partial charge in [0.15, 0.2) is 5.78 Å². The number of carbonyl (C=O) groups excluding carboxylic acids is 1. The first-order valence-corrected chi connectivity index (χ1v) is 9.55. The molecule has 0 radical (unpaired) electrons. The Morgan fingerprint density at radius 3 is 2.35 bits per heavy atom.